The van der Waals surface area contributed by atoms with E-state index in [-0.39, 0.29) is 13.2 Å². The van der Waals surface area contributed by atoms with Crippen LogP contribution >= 0.6 is 35.0 Å². The lowest BCUT2D eigenvalue weighted by Crippen LogP contribution is -2.29. The van der Waals surface area contributed by atoms with Crippen LogP contribution in [0.4, 0.5) is 5.95 Å². The van der Waals surface area contributed by atoms with Gasteiger partial charge >= 0.3 is 5.97 Å². The highest BCUT2D eigenvalue weighted by atomic mass is 35.5. The second-order valence-corrected chi connectivity index (χ2v) is 10.4. The molecule has 1 aliphatic rings. The maximum absolute atomic E-state index is 13.1. The van der Waals surface area contributed by atoms with Crippen LogP contribution in [0.15, 0.2) is 52.8 Å². The fourth-order valence-corrected chi connectivity index (χ4v) is 5.19. The first-order valence-corrected chi connectivity index (χ1v) is 14.2. The van der Waals surface area contributed by atoms with E-state index in [1.165, 1.54) is 0 Å². The number of nitrogens with one attached hydrogen (secondary N) is 1. The van der Waals surface area contributed by atoms with Crippen molar-refractivity contribution >= 4 is 46.9 Å². The zero-order chi connectivity index (χ0) is 27.2. The summed E-state index contributed by atoms with van der Waals surface area (Å²) in [6.45, 7) is 8.56. The summed E-state index contributed by atoms with van der Waals surface area (Å²) in [6, 6.07) is 10.3. The monoisotopic (exact) mass is 576 g/mol. The third-order valence-electron chi connectivity index (χ3n) is 5.75. The summed E-state index contributed by atoms with van der Waals surface area (Å²) < 4.78 is 19.2. The number of carbonyl (C=O) groups excluding carboxylic acids is 1. The Bertz CT molecular complexity index is 1340. The number of allylic oxidation sites excluding steroid dienone is 1. The number of thioether (sulfide) groups is 1. The van der Waals surface area contributed by atoms with Crippen LogP contribution in [-0.2, 0) is 16.1 Å². The Morgan fingerprint density at radius 3 is 2.61 bits per heavy atom. The highest BCUT2D eigenvalue weighted by Crippen LogP contribution is 2.40. The van der Waals surface area contributed by atoms with Crippen molar-refractivity contribution in [1.29, 1.82) is 0 Å². The van der Waals surface area contributed by atoms with E-state index >= 15 is 0 Å². The molecule has 8 nitrogen and oxygen atoms in total. The average Bonchev–Trinajstić information content (AvgIpc) is 3.29. The number of aromatic nitrogens is 3. The molecule has 2 aromatic carbocycles. The van der Waals surface area contributed by atoms with Crippen molar-refractivity contribution in [1.82, 2.24) is 14.8 Å². The maximum Gasteiger partial charge on any atom is 0.338 e. The molecule has 2 heterocycles. The van der Waals surface area contributed by atoms with Gasteiger partial charge in [-0.1, -0.05) is 54.0 Å². The number of esters is 1. The third kappa shape index (κ3) is 6.22. The molecule has 202 valence electrons. The van der Waals surface area contributed by atoms with Gasteiger partial charge in [-0.15, -0.1) is 5.10 Å². The molecule has 11 heteroatoms. The first kappa shape index (κ1) is 28.1. The van der Waals surface area contributed by atoms with Crippen LogP contribution in [0.5, 0.6) is 11.5 Å². The van der Waals surface area contributed by atoms with Gasteiger partial charge in [0, 0.05) is 27.1 Å². The molecule has 0 saturated heterocycles. The van der Waals surface area contributed by atoms with Crippen molar-refractivity contribution in [2.45, 2.75) is 51.9 Å². The molecule has 0 saturated carbocycles. The minimum Gasteiger partial charge on any atom is -0.490 e. The van der Waals surface area contributed by atoms with Crippen molar-refractivity contribution < 1.29 is 19.0 Å². The molecule has 1 aliphatic heterocycles. The SMILES string of the molecule is CCCSc1nc2n(n1)C(c1ccc(OCc3ccc(Cl)cc3Cl)c(OCC)c1)C(C(=O)OCC)=C(C)N2. The van der Waals surface area contributed by atoms with Gasteiger partial charge in [0.15, 0.2) is 11.5 Å². The van der Waals surface area contributed by atoms with Gasteiger partial charge in [0.1, 0.15) is 12.6 Å². The van der Waals surface area contributed by atoms with E-state index in [2.05, 4.69) is 17.2 Å². The van der Waals surface area contributed by atoms with E-state index in [1.54, 1.807) is 35.5 Å². The molecule has 0 amide bonds. The number of rotatable bonds is 11. The number of nitrogens with zero attached hydrogens (tertiary/aromatic N) is 3. The lowest BCUT2D eigenvalue weighted by atomic mass is 9.95. The standard InChI is InChI=1S/C27H30Cl2N4O4S/c1-5-12-38-27-31-26-30-16(4)23(25(34)36-7-3)24(33(26)32-27)17-9-11-21(22(13-17)35-6-2)37-15-18-8-10-19(28)14-20(18)29/h8-11,13-14,24H,5-7,12,15H2,1-4H3,(H,30,31,32). The molecule has 0 spiro atoms. The van der Waals surface area contributed by atoms with Crippen molar-refractivity contribution in [2.24, 2.45) is 0 Å². The van der Waals surface area contributed by atoms with Gasteiger partial charge in [-0.25, -0.2) is 9.48 Å². The highest BCUT2D eigenvalue weighted by Gasteiger charge is 2.35. The van der Waals surface area contributed by atoms with Gasteiger partial charge in [0.2, 0.25) is 11.1 Å². The van der Waals surface area contributed by atoms with Crippen LogP contribution in [0.3, 0.4) is 0 Å². The minimum absolute atomic E-state index is 0.237. The molecule has 0 fully saturated rings. The van der Waals surface area contributed by atoms with Crippen LogP contribution in [0.1, 0.15) is 51.3 Å². The molecular weight excluding hydrogens is 547 g/mol. The Morgan fingerprint density at radius 1 is 1.08 bits per heavy atom. The van der Waals surface area contributed by atoms with Gasteiger partial charge in [-0.05, 0) is 57.0 Å². The topological polar surface area (TPSA) is 87.5 Å². The summed E-state index contributed by atoms with van der Waals surface area (Å²) >= 11 is 13.9. The molecule has 1 N–H and O–H groups in total. The third-order valence-corrected chi connectivity index (χ3v) is 7.38. The zero-order valence-corrected chi connectivity index (χ0v) is 24.0. The molecule has 0 radical (unpaired) electrons. The van der Waals surface area contributed by atoms with Gasteiger partial charge in [-0.2, -0.15) is 4.98 Å². The molecule has 1 unspecified atom stereocenters. The van der Waals surface area contributed by atoms with Gasteiger partial charge < -0.3 is 19.5 Å². The number of ether oxygens (including phenoxy) is 3. The molecule has 0 bridgehead atoms. The Balaban J connectivity index is 1.72. The summed E-state index contributed by atoms with van der Waals surface area (Å²) in [5, 5.41) is 9.68. The second-order valence-electron chi connectivity index (χ2n) is 8.46. The summed E-state index contributed by atoms with van der Waals surface area (Å²) in [6.07, 6.45) is 0.997. The first-order chi connectivity index (χ1) is 18.4. The number of anilines is 1. The average molecular weight is 578 g/mol. The van der Waals surface area contributed by atoms with Crippen LogP contribution in [0, 0.1) is 0 Å². The van der Waals surface area contributed by atoms with E-state index in [9.17, 15) is 4.79 Å². The highest BCUT2D eigenvalue weighted by molar-refractivity contribution is 7.99. The molecule has 4 rings (SSSR count). The quantitative estimate of drug-likeness (QED) is 0.194. The van der Waals surface area contributed by atoms with Gasteiger partial charge in [0.05, 0.1) is 18.8 Å². The van der Waals surface area contributed by atoms with Crippen LogP contribution in [-0.4, -0.2) is 39.7 Å². The van der Waals surface area contributed by atoms with Crippen LogP contribution < -0.4 is 14.8 Å². The summed E-state index contributed by atoms with van der Waals surface area (Å²) in [5.41, 5.74) is 2.71. The Hall–Kier alpha value is -2.88. The first-order valence-electron chi connectivity index (χ1n) is 12.4. The predicted molar refractivity (Wildman–Crippen MR) is 151 cm³/mol. The molecule has 3 aromatic rings. The van der Waals surface area contributed by atoms with E-state index in [0.717, 1.165) is 23.3 Å². The second kappa shape index (κ2) is 12.8. The number of fused-ring (bicyclic) bond motifs is 1. The van der Waals surface area contributed by atoms with Crippen molar-refractivity contribution in [2.75, 3.05) is 24.3 Å². The van der Waals surface area contributed by atoms with Gasteiger partial charge in [0.25, 0.3) is 0 Å². The molecule has 38 heavy (non-hydrogen) atoms. The van der Waals surface area contributed by atoms with Crippen LogP contribution in [0.25, 0.3) is 0 Å². The smallest absolute Gasteiger partial charge is 0.338 e. The predicted octanol–water partition coefficient (Wildman–Crippen LogP) is 6.92. The zero-order valence-electron chi connectivity index (χ0n) is 21.7. The number of benzene rings is 2. The van der Waals surface area contributed by atoms with Crippen molar-refractivity contribution in [3.05, 3.63) is 68.8 Å². The number of halogens is 2. The minimum atomic E-state index is -0.562. The van der Waals surface area contributed by atoms with Crippen molar-refractivity contribution in [3.8, 4) is 11.5 Å². The Labute approximate surface area is 236 Å². The number of carbonyl (C=O) groups is 1. The van der Waals surface area contributed by atoms with Crippen molar-refractivity contribution in [3.63, 3.8) is 0 Å². The summed E-state index contributed by atoms with van der Waals surface area (Å²) in [5.74, 6) is 2.13. The Morgan fingerprint density at radius 2 is 1.89 bits per heavy atom. The maximum atomic E-state index is 13.1. The van der Waals surface area contributed by atoms with Crippen LogP contribution in [0.2, 0.25) is 10.0 Å². The van der Waals surface area contributed by atoms with E-state index < -0.39 is 12.0 Å². The van der Waals surface area contributed by atoms with E-state index in [4.69, 9.17) is 42.5 Å². The largest absolute Gasteiger partial charge is 0.490 e. The normalized spacial score (nSPS) is 14.6. The molecule has 1 aromatic heterocycles. The summed E-state index contributed by atoms with van der Waals surface area (Å²) in [4.78, 5) is 17.8. The summed E-state index contributed by atoms with van der Waals surface area (Å²) in [7, 11) is 0. The molecule has 0 aliphatic carbocycles. The van der Waals surface area contributed by atoms with Gasteiger partial charge in [-0.3, -0.25) is 0 Å². The fourth-order valence-electron chi connectivity index (χ4n) is 4.04. The molecular formula is C27H30Cl2N4O4S. The fraction of sp³-hybridized carbons (Fsp3) is 0.370. The lowest BCUT2D eigenvalue weighted by Gasteiger charge is -2.28. The number of hydrogen-bond donors (Lipinski definition) is 1. The number of hydrogen-bond acceptors (Lipinski definition) is 8. The Kier molecular flexibility index (Phi) is 9.46. The molecule has 1 atom stereocenters. The van der Waals surface area contributed by atoms with E-state index in [1.807, 2.05) is 38.1 Å². The lowest BCUT2D eigenvalue weighted by molar-refractivity contribution is -0.139. The van der Waals surface area contributed by atoms with E-state index in [0.29, 0.717) is 50.5 Å².